The fourth-order valence-electron chi connectivity index (χ4n) is 8.55. The third-order valence-electron chi connectivity index (χ3n) is 13.1. The van der Waals surface area contributed by atoms with Crippen LogP contribution in [0.1, 0.15) is 284 Å². The molecule has 5 heteroatoms. The number of esters is 2. The van der Waals surface area contributed by atoms with Crippen molar-refractivity contribution >= 4 is 11.9 Å². The maximum atomic E-state index is 12.3. The number of hydrogen-bond acceptors (Lipinski definition) is 5. The minimum atomic E-state index is -0.784. The Balaban J connectivity index is 3.56. The molecule has 1 atom stereocenters. The molecule has 0 radical (unpaired) electrons. The number of carbonyl (C=O) groups is 2. The van der Waals surface area contributed by atoms with Gasteiger partial charge in [0.15, 0.2) is 6.10 Å². The Labute approximate surface area is 446 Å². The number of aliphatic hydroxyl groups excluding tert-OH is 1. The van der Waals surface area contributed by atoms with Gasteiger partial charge in [-0.15, -0.1) is 0 Å². The first-order chi connectivity index (χ1) is 35.6. The molecule has 0 aliphatic heterocycles. The first-order valence-corrected chi connectivity index (χ1v) is 30.4. The van der Waals surface area contributed by atoms with Gasteiger partial charge in [0.25, 0.3) is 0 Å². The van der Waals surface area contributed by atoms with E-state index in [0.29, 0.717) is 12.8 Å². The van der Waals surface area contributed by atoms with Crippen LogP contribution in [0.2, 0.25) is 0 Å². The second-order valence-corrected chi connectivity index (χ2v) is 20.1. The van der Waals surface area contributed by atoms with Gasteiger partial charge in [-0.3, -0.25) is 9.59 Å². The van der Waals surface area contributed by atoms with Crippen molar-refractivity contribution in [1.82, 2.24) is 0 Å². The third kappa shape index (κ3) is 59.1. The normalized spacial score (nSPS) is 13.0. The van der Waals surface area contributed by atoms with E-state index in [1.54, 1.807) is 0 Å². The Morgan fingerprint density at radius 3 is 0.903 bits per heavy atom. The van der Waals surface area contributed by atoms with E-state index in [2.05, 4.69) is 123 Å². The van der Waals surface area contributed by atoms with Crippen molar-refractivity contribution in [2.24, 2.45) is 0 Å². The van der Waals surface area contributed by atoms with E-state index in [-0.39, 0.29) is 25.2 Å². The number of ether oxygens (including phenoxy) is 2. The fourth-order valence-corrected chi connectivity index (χ4v) is 8.55. The molecule has 0 rings (SSSR count). The largest absolute Gasteiger partial charge is 0.462 e. The molecular weight excluding hydrogens is 885 g/mol. The Bertz CT molecular complexity index is 1410. The van der Waals surface area contributed by atoms with Crippen molar-refractivity contribution in [3.63, 3.8) is 0 Å². The van der Waals surface area contributed by atoms with Crippen molar-refractivity contribution in [1.29, 1.82) is 0 Å². The van der Waals surface area contributed by atoms with E-state index in [0.717, 1.165) is 103 Å². The number of unbranched alkanes of at least 4 members (excludes halogenated alkanes) is 29. The molecule has 0 aromatic rings. The summed E-state index contributed by atoms with van der Waals surface area (Å²) < 4.78 is 10.7. The molecule has 0 aliphatic rings. The van der Waals surface area contributed by atoms with Crippen LogP contribution in [0.25, 0.3) is 0 Å². The maximum Gasteiger partial charge on any atom is 0.306 e. The van der Waals surface area contributed by atoms with E-state index in [1.807, 2.05) is 0 Å². The maximum absolute atomic E-state index is 12.3. The molecular formula is C67H114O5. The lowest BCUT2D eigenvalue weighted by molar-refractivity contribution is -0.161. The highest BCUT2D eigenvalue weighted by Gasteiger charge is 2.16. The van der Waals surface area contributed by atoms with Crippen LogP contribution in [-0.4, -0.2) is 36.4 Å². The van der Waals surface area contributed by atoms with Crippen LogP contribution in [-0.2, 0) is 19.1 Å². The van der Waals surface area contributed by atoms with Crippen LogP contribution in [0.5, 0.6) is 0 Å². The summed E-state index contributed by atoms with van der Waals surface area (Å²) in [5, 5.41) is 9.67. The molecule has 1 unspecified atom stereocenters. The molecule has 0 amide bonds. The molecule has 5 nitrogen and oxygen atoms in total. The average molecular weight is 1000 g/mol. The third-order valence-corrected chi connectivity index (χ3v) is 13.1. The van der Waals surface area contributed by atoms with E-state index >= 15 is 0 Å². The SMILES string of the molecule is CC/C=C\C/C=C\C/C=C\C/C=C\C/C=C\C/C=C\C/C=C\C/C=C\C/C=C\CCCCCCCCCC(=O)OC(CO)COC(=O)CCCCCCCCCCCCCCCCCCCCCCCCC. The van der Waals surface area contributed by atoms with Gasteiger partial charge in [-0.1, -0.05) is 297 Å². The van der Waals surface area contributed by atoms with Gasteiger partial charge in [-0.2, -0.15) is 0 Å². The summed E-state index contributed by atoms with van der Waals surface area (Å²) in [6.07, 6.45) is 89.3. The van der Waals surface area contributed by atoms with Crippen LogP contribution < -0.4 is 0 Å². The number of allylic oxidation sites excluding steroid dienone is 18. The van der Waals surface area contributed by atoms with Crippen LogP contribution in [0.3, 0.4) is 0 Å². The van der Waals surface area contributed by atoms with Gasteiger partial charge in [0.2, 0.25) is 0 Å². The summed E-state index contributed by atoms with van der Waals surface area (Å²) in [5.74, 6) is -0.598. The van der Waals surface area contributed by atoms with Gasteiger partial charge in [-0.05, 0) is 83.5 Å². The van der Waals surface area contributed by atoms with Crippen molar-refractivity contribution in [3.8, 4) is 0 Å². The molecule has 1 N–H and O–H groups in total. The number of hydrogen-bond donors (Lipinski definition) is 1. The first-order valence-electron chi connectivity index (χ1n) is 30.4. The predicted octanol–water partition coefficient (Wildman–Crippen LogP) is 20.9. The molecule has 412 valence electrons. The summed E-state index contributed by atoms with van der Waals surface area (Å²) in [6.45, 7) is 4.04. The highest BCUT2D eigenvalue weighted by Crippen LogP contribution is 2.17. The molecule has 0 saturated heterocycles. The highest BCUT2D eigenvalue weighted by atomic mass is 16.6. The summed E-state index contributed by atoms with van der Waals surface area (Å²) >= 11 is 0. The fraction of sp³-hybridized carbons (Fsp3) is 0.701. The summed E-state index contributed by atoms with van der Waals surface area (Å²) in [4.78, 5) is 24.6. The van der Waals surface area contributed by atoms with Gasteiger partial charge >= 0.3 is 11.9 Å². The van der Waals surface area contributed by atoms with Crippen LogP contribution >= 0.6 is 0 Å². The van der Waals surface area contributed by atoms with Crippen LogP contribution in [0.4, 0.5) is 0 Å². The van der Waals surface area contributed by atoms with E-state index in [1.165, 1.54) is 154 Å². The Hall–Kier alpha value is -3.44. The lowest BCUT2D eigenvalue weighted by Gasteiger charge is -2.15. The molecule has 0 fully saturated rings. The number of carbonyl (C=O) groups excluding carboxylic acids is 2. The zero-order valence-electron chi connectivity index (χ0n) is 47.2. The van der Waals surface area contributed by atoms with E-state index < -0.39 is 6.10 Å². The second kappa shape index (κ2) is 61.9. The minimum Gasteiger partial charge on any atom is -0.462 e. The molecule has 0 saturated carbocycles. The first kappa shape index (κ1) is 68.6. The molecule has 0 aromatic carbocycles. The van der Waals surface area contributed by atoms with Crippen molar-refractivity contribution in [2.75, 3.05) is 13.2 Å². The topological polar surface area (TPSA) is 72.8 Å². The van der Waals surface area contributed by atoms with Gasteiger partial charge in [-0.25, -0.2) is 0 Å². The zero-order valence-corrected chi connectivity index (χ0v) is 47.2. The molecule has 72 heavy (non-hydrogen) atoms. The van der Waals surface area contributed by atoms with Crippen molar-refractivity contribution in [3.05, 3.63) is 109 Å². The summed E-state index contributed by atoms with van der Waals surface area (Å²) in [6, 6.07) is 0. The Morgan fingerprint density at radius 1 is 0.333 bits per heavy atom. The lowest BCUT2D eigenvalue weighted by atomic mass is 10.0. The molecule has 0 heterocycles. The second-order valence-electron chi connectivity index (χ2n) is 20.1. The molecule has 0 spiro atoms. The van der Waals surface area contributed by atoms with E-state index in [4.69, 9.17) is 9.47 Å². The summed E-state index contributed by atoms with van der Waals surface area (Å²) in [7, 11) is 0. The Kier molecular flexibility index (Phi) is 58.9. The van der Waals surface area contributed by atoms with Gasteiger partial charge in [0.05, 0.1) is 6.61 Å². The van der Waals surface area contributed by atoms with Crippen molar-refractivity contribution < 1.29 is 24.2 Å². The van der Waals surface area contributed by atoms with Crippen LogP contribution in [0, 0.1) is 0 Å². The minimum absolute atomic E-state index is 0.0727. The lowest BCUT2D eigenvalue weighted by Crippen LogP contribution is -2.28. The zero-order chi connectivity index (χ0) is 52.0. The molecule has 0 bridgehead atoms. The molecule has 0 aromatic heterocycles. The average Bonchev–Trinajstić information content (AvgIpc) is 3.38. The van der Waals surface area contributed by atoms with Gasteiger partial charge in [0.1, 0.15) is 6.61 Å². The molecule has 0 aliphatic carbocycles. The van der Waals surface area contributed by atoms with Gasteiger partial charge < -0.3 is 14.6 Å². The highest BCUT2D eigenvalue weighted by molar-refractivity contribution is 5.70. The number of aliphatic hydroxyl groups is 1. The quantitative estimate of drug-likeness (QED) is 0.0373. The predicted molar refractivity (Wildman–Crippen MR) is 315 cm³/mol. The van der Waals surface area contributed by atoms with Gasteiger partial charge in [0, 0.05) is 12.8 Å². The van der Waals surface area contributed by atoms with E-state index in [9.17, 15) is 14.7 Å². The Morgan fingerprint density at radius 2 is 0.597 bits per heavy atom. The monoisotopic (exact) mass is 999 g/mol. The smallest absolute Gasteiger partial charge is 0.306 e. The summed E-state index contributed by atoms with van der Waals surface area (Å²) in [5.41, 5.74) is 0. The van der Waals surface area contributed by atoms with Crippen LogP contribution in [0.15, 0.2) is 109 Å². The number of rotatable bonds is 55. The standard InChI is InChI=1S/C67H114O5/c1-3-5-7-9-11-13-15-17-19-21-23-25-27-28-29-30-31-32-33-34-35-36-37-38-40-42-44-46-48-50-52-54-56-58-60-62-67(70)72-65(63-68)64-71-66(69)61-59-57-55-53-51-49-47-45-43-41-39-26-24-22-20-18-16-14-12-10-8-6-4-2/h5,7,11,13,17,19,23,25,28-29,31-32,34-35,37-38,42,44,65,68H,3-4,6,8-10,12,14-16,18,20-22,24,26-27,30,33,36,39-41,43,45-64H2,1-2H3/b7-5-,13-11-,19-17-,25-23-,29-28-,32-31-,35-34-,38-37-,44-42-. The van der Waals surface area contributed by atoms with Crippen molar-refractivity contribution in [2.45, 2.75) is 290 Å².